The smallest absolute Gasteiger partial charge is 0.355 e. The van der Waals surface area contributed by atoms with Gasteiger partial charge in [0.1, 0.15) is 5.52 Å². The Labute approximate surface area is 160 Å². The Kier molecular flexibility index (Phi) is 5.97. The largest absolute Gasteiger partial charge is 0.476 e. The lowest BCUT2D eigenvalue weighted by Crippen LogP contribution is -2.29. The Morgan fingerprint density at radius 1 is 1.37 bits per heavy atom. The highest BCUT2D eigenvalue weighted by molar-refractivity contribution is 7.13. The number of nitrogens with one attached hydrogen (secondary N) is 2. The molecule has 1 unspecified atom stereocenters. The van der Waals surface area contributed by atoms with Gasteiger partial charge < -0.3 is 21.5 Å². The zero-order chi connectivity index (χ0) is 19.2. The molecule has 0 fully saturated rings. The maximum atomic E-state index is 11.0. The summed E-state index contributed by atoms with van der Waals surface area (Å²) in [5, 5.41) is 17.7. The summed E-state index contributed by atoms with van der Waals surface area (Å²) in [5.74, 6) is -0.258. The summed E-state index contributed by atoms with van der Waals surface area (Å²) in [4.78, 5) is 27.9. The molecule has 0 aliphatic heterocycles. The quantitative estimate of drug-likeness (QED) is 0.436. The highest BCUT2D eigenvalue weighted by Gasteiger charge is 2.15. The minimum absolute atomic E-state index is 0.0411. The van der Waals surface area contributed by atoms with E-state index in [2.05, 4.69) is 37.5 Å². The SMILES string of the molecule is CCCCC(CNc1nc(C(=O)O)cs1)Nc1nc(N)nc2cccnc12. The van der Waals surface area contributed by atoms with E-state index in [1.54, 1.807) is 12.3 Å². The molecule has 0 radical (unpaired) electrons. The van der Waals surface area contributed by atoms with Crippen molar-refractivity contribution >= 4 is 45.2 Å². The molecule has 3 aromatic rings. The Morgan fingerprint density at radius 3 is 2.96 bits per heavy atom. The Bertz CT molecular complexity index is 931. The number of nitrogens with zero attached hydrogens (tertiary/aromatic N) is 4. The Morgan fingerprint density at radius 2 is 2.22 bits per heavy atom. The lowest BCUT2D eigenvalue weighted by Gasteiger charge is -2.20. The van der Waals surface area contributed by atoms with Crippen LogP contribution in [0, 0.1) is 0 Å². The van der Waals surface area contributed by atoms with Crippen molar-refractivity contribution in [3.8, 4) is 0 Å². The van der Waals surface area contributed by atoms with Crippen molar-refractivity contribution in [2.45, 2.75) is 32.2 Å². The third kappa shape index (κ3) is 4.79. The van der Waals surface area contributed by atoms with E-state index in [1.165, 1.54) is 16.7 Å². The Balaban J connectivity index is 1.75. The van der Waals surface area contributed by atoms with Gasteiger partial charge in [0.2, 0.25) is 5.95 Å². The number of nitrogen functional groups attached to an aromatic ring is 1. The van der Waals surface area contributed by atoms with Gasteiger partial charge in [-0.25, -0.2) is 14.8 Å². The molecule has 0 spiro atoms. The van der Waals surface area contributed by atoms with Crippen molar-refractivity contribution in [3.05, 3.63) is 29.4 Å². The third-order valence-electron chi connectivity index (χ3n) is 3.94. The van der Waals surface area contributed by atoms with Gasteiger partial charge in [0.15, 0.2) is 16.6 Å². The van der Waals surface area contributed by atoms with Crippen LogP contribution in [0.1, 0.15) is 36.7 Å². The summed E-state index contributed by atoms with van der Waals surface area (Å²) in [6, 6.07) is 3.69. The molecule has 0 saturated carbocycles. The van der Waals surface area contributed by atoms with Crippen LogP contribution in [-0.4, -0.2) is 43.6 Å². The number of aromatic nitrogens is 4. The second kappa shape index (κ2) is 8.58. The van der Waals surface area contributed by atoms with E-state index in [1.807, 2.05) is 6.07 Å². The molecular weight excluding hydrogens is 366 g/mol. The summed E-state index contributed by atoms with van der Waals surface area (Å²) < 4.78 is 0. The molecule has 27 heavy (non-hydrogen) atoms. The van der Waals surface area contributed by atoms with E-state index in [0.29, 0.717) is 28.5 Å². The number of aromatic carboxylic acids is 1. The van der Waals surface area contributed by atoms with Gasteiger partial charge in [-0.3, -0.25) is 4.98 Å². The van der Waals surface area contributed by atoms with E-state index in [4.69, 9.17) is 10.8 Å². The molecule has 0 saturated heterocycles. The molecular formula is C17H21N7O2S. The minimum Gasteiger partial charge on any atom is -0.476 e. The van der Waals surface area contributed by atoms with E-state index < -0.39 is 5.97 Å². The number of pyridine rings is 1. The average molecular weight is 387 g/mol. The van der Waals surface area contributed by atoms with Gasteiger partial charge in [-0.15, -0.1) is 11.3 Å². The summed E-state index contributed by atoms with van der Waals surface area (Å²) in [7, 11) is 0. The average Bonchev–Trinajstić information content (AvgIpc) is 3.13. The van der Waals surface area contributed by atoms with E-state index in [0.717, 1.165) is 19.3 Å². The molecule has 10 heteroatoms. The van der Waals surface area contributed by atoms with E-state index >= 15 is 0 Å². The van der Waals surface area contributed by atoms with Crippen LogP contribution in [0.25, 0.3) is 11.0 Å². The van der Waals surface area contributed by atoms with Crippen LogP contribution >= 0.6 is 11.3 Å². The van der Waals surface area contributed by atoms with Crippen molar-refractivity contribution in [3.63, 3.8) is 0 Å². The number of hydrogen-bond acceptors (Lipinski definition) is 9. The summed E-state index contributed by atoms with van der Waals surface area (Å²) in [6.45, 7) is 2.69. The van der Waals surface area contributed by atoms with E-state index in [9.17, 15) is 4.79 Å². The highest BCUT2D eigenvalue weighted by atomic mass is 32.1. The second-order valence-corrected chi connectivity index (χ2v) is 6.87. The zero-order valence-corrected chi connectivity index (χ0v) is 15.7. The van der Waals surface area contributed by atoms with Crippen LogP contribution in [-0.2, 0) is 0 Å². The number of nitrogens with two attached hydrogens (primary N) is 1. The zero-order valence-electron chi connectivity index (χ0n) is 14.8. The van der Waals surface area contributed by atoms with Gasteiger partial charge >= 0.3 is 5.97 Å². The fraction of sp³-hybridized carbons (Fsp3) is 0.353. The molecule has 3 heterocycles. The summed E-state index contributed by atoms with van der Waals surface area (Å²) in [5.41, 5.74) is 7.21. The van der Waals surface area contributed by atoms with Crippen molar-refractivity contribution in [2.75, 3.05) is 22.9 Å². The highest BCUT2D eigenvalue weighted by Crippen LogP contribution is 2.21. The van der Waals surface area contributed by atoms with Crippen LogP contribution in [0.4, 0.5) is 16.9 Å². The maximum absolute atomic E-state index is 11.0. The third-order valence-corrected chi connectivity index (χ3v) is 4.74. The van der Waals surface area contributed by atoms with Crippen molar-refractivity contribution < 1.29 is 9.90 Å². The number of thiazole rings is 1. The maximum Gasteiger partial charge on any atom is 0.355 e. The number of carbonyl (C=O) groups is 1. The normalized spacial score (nSPS) is 12.0. The molecule has 0 amide bonds. The van der Waals surface area contributed by atoms with Crippen LogP contribution in [0.2, 0.25) is 0 Å². The molecule has 0 aromatic carbocycles. The van der Waals surface area contributed by atoms with Crippen molar-refractivity contribution in [1.82, 2.24) is 19.9 Å². The standard InChI is InChI=1S/C17H21N7O2S/c1-2-3-5-10(8-20-17-23-12(9-27-17)15(25)26)21-14-13-11(6-4-7-19-13)22-16(18)24-14/h4,6-7,9-10H,2-3,5,8H2,1H3,(H,20,23)(H,25,26)(H3,18,21,22,24). The number of unbranched alkanes of at least 4 members (excludes halogenated alkanes) is 1. The Hall–Kier alpha value is -3.01. The number of rotatable bonds is 9. The molecule has 1 atom stereocenters. The topological polar surface area (TPSA) is 139 Å². The van der Waals surface area contributed by atoms with Gasteiger partial charge in [0.25, 0.3) is 0 Å². The minimum atomic E-state index is -1.03. The molecule has 3 rings (SSSR count). The molecule has 0 aliphatic rings. The monoisotopic (exact) mass is 387 g/mol. The number of anilines is 3. The van der Waals surface area contributed by atoms with Crippen molar-refractivity contribution in [2.24, 2.45) is 0 Å². The van der Waals surface area contributed by atoms with Crippen LogP contribution in [0.5, 0.6) is 0 Å². The fourth-order valence-electron chi connectivity index (χ4n) is 2.62. The first-order valence-electron chi connectivity index (χ1n) is 8.64. The molecule has 5 N–H and O–H groups in total. The number of carboxylic acid groups (broad SMARTS) is 1. The van der Waals surface area contributed by atoms with Gasteiger partial charge in [0, 0.05) is 24.2 Å². The summed E-state index contributed by atoms with van der Waals surface area (Å²) >= 11 is 1.27. The lowest BCUT2D eigenvalue weighted by molar-refractivity contribution is 0.0691. The first-order chi connectivity index (χ1) is 13.1. The molecule has 0 aliphatic carbocycles. The summed E-state index contributed by atoms with van der Waals surface area (Å²) in [6.07, 6.45) is 4.68. The predicted molar refractivity (Wildman–Crippen MR) is 106 cm³/mol. The van der Waals surface area contributed by atoms with Gasteiger partial charge in [0.05, 0.1) is 5.52 Å². The molecule has 0 bridgehead atoms. The lowest BCUT2D eigenvalue weighted by atomic mass is 10.1. The first kappa shape index (κ1) is 18.8. The van der Waals surface area contributed by atoms with Crippen LogP contribution in [0.3, 0.4) is 0 Å². The van der Waals surface area contributed by atoms with Gasteiger partial charge in [-0.1, -0.05) is 19.8 Å². The van der Waals surface area contributed by atoms with E-state index in [-0.39, 0.29) is 17.7 Å². The first-order valence-corrected chi connectivity index (χ1v) is 9.52. The second-order valence-electron chi connectivity index (χ2n) is 6.01. The molecule has 3 aromatic heterocycles. The van der Waals surface area contributed by atoms with Crippen LogP contribution < -0.4 is 16.4 Å². The molecule has 142 valence electrons. The number of hydrogen-bond donors (Lipinski definition) is 4. The molecule has 9 nitrogen and oxygen atoms in total. The number of carboxylic acids is 1. The van der Waals surface area contributed by atoms with Crippen LogP contribution in [0.15, 0.2) is 23.7 Å². The van der Waals surface area contributed by atoms with Gasteiger partial charge in [-0.05, 0) is 18.6 Å². The number of fused-ring (bicyclic) bond motifs is 1. The predicted octanol–water partition coefficient (Wildman–Crippen LogP) is 2.84. The fourth-order valence-corrected chi connectivity index (χ4v) is 3.31. The van der Waals surface area contributed by atoms with Crippen molar-refractivity contribution in [1.29, 1.82) is 0 Å². The van der Waals surface area contributed by atoms with Gasteiger partial charge in [-0.2, -0.15) is 4.98 Å².